The monoisotopic (exact) mass is 403 g/mol. The number of piperidine rings is 1. The summed E-state index contributed by atoms with van der Waals surface area (Å²) in [7, 11) is 0. The predicted molar refractivity (Wildman–Crippen MR) is 117 cm³/mol. The molecule has 1 fully saturated rings. The fraction of sp³-hybridized carbons (Fsp3) is 0.360. The van der Waals surface area contributed by atoms with Crippen LogP contribution in [0.25, 0.3) is 0 Å². The standard InChI is InChI=1S/C25H29N3O2/c1-20-7-5-6-10-22(20)23(21-8-3-2-4-9-21)17-24(29)28-14-11-25(30,12-15-28)18-27-16-13-26-19-27/h2-10,13,16,19,23,30H,11-12,14-15,17-18H2,1H3/t23-/m0/s1. The Morgan fingerprint density at radius 1 is 1.10 bits per heavy atom. The van der Waals surface area contributed by atoms with Gasteiger partial charge in [0.1, 0.15) is 0 Å². The van der Waals surface area contributed by atoms with Crippen molar-refractivity contribution < 1.29 is 9.90 Å². The average Bonchev–Trinajstić information content (AvgIpc) is 3.26. The molecule has 4 rings (SSSR count). The predicted octanol–water partition coefficient (Wildman–Crippen LogP) is 3.77. The number of aromatic nitrogens is 2. The van der Waals surface area contributed by atoms with Crippen molar-refractivity contribution in [3.8, 4) is 0 Å². The molecular formula is C25H29N3O2. The summed E-state index contributed by atoms with van der Waals surface area (Å²) >= 11 is 0. The lowest BCUT2D eigenvalue weighted by atomic mass is 9.85. The summed E-state index contributed by atoms with van der Waals surface area (Å²) in [5, 5.41) is 10.9. The van der Waals surface area contributed by atoms with Gasteiger partial charge in [-0.3, -0.25) is 4.79 Å². The fourth-order valence-electron chi connectivity index (χ4n) is 4.42. The Kier molecular flexibility index (Phi) is 6.00. The molecule has 3 aromatic rings. The topological polar surface area (TPSA) is 58.4 Å². The molecule has 1 atom stereocenters. The highest BCUT2D eigenvalue weighted by molar-refractivity contribution is 5.78. The first-order chi connectivity index (χ1) is 14.5. The van der Waals surface area contributed by atoms with Crippen LogP contribution in [0.4, 0.5) is 0 Å². The summed E-state index contributed by atoms with van der Waals surface area (Å²) in [4.78, 5) is 19.2. The van der Waals surface area contributed by atoms with Crippen LogP contribution in [0.15, 0.2) is 73.3 Å². The van der Waals surface area contributed by atoms with Gasteiger partial charge in [-0.1, -0.05) is 54.6 Å². The molecule has 30 heavy (non-hydrogen) atoms. The first-order valence-corrected chi connectivity index (χ1v) is 10.6. The number of hydrogen-bond donors (Lipinski definition) is 1. The second-order valence-electron chi connectivity index (χ2n) is 8.36. The molecular weight excluding hydrogens is 374 g/mol. The van der Waals surface area contributed by atoms with E-state index >= 15 is 0 Å². The third kappa shape index (κ3) is 4.62. The fourth-order valence-corrected chi connectivity index (χ4v) is 4.42. The minimum absolute atomic E-state index is 0.0339. The number of likely N-dealkylation sites (tertiary alicyclic amines) is 1. The first-order valence-electron chi connectivity index (χ1n) is 10.6. The molecule has 0 saturated carbocycles. The van der Waals surface area contributed by atoms with Gasteiger partial charge in [0.2, 0.25) is 5.91 Å². The lowest BCUT2D eigenvalue weighted by Crippen LogP contribution is -2.48. The number of benzene rings is 2. The number of aliphatic hydroxyl groups is 1. The SMILES string of the molecule is Cc1ccccc1[C@@H](CC(=O)N1CCC(O)(Cn2ccnc2)CC1)c1ccccc1. The third-order valence-electron chi connectivity index (χ3n) is 6.23. The molecule has 2 heterocycles. The Morgan fingerprint density at radius 3 is 2.47 bits per heavy atom. The van der Waals surface area contributed by atoms with E-state index in [1.807, 2.05) is 46.0 Å². The molecule has 1 aromatic heterocycles. The van der Waals surface area contributed by atoms with Gasteiger partial charge in [0.15, 0.2) is 0 Å². The highest BCUT2D eigenvalue weighted by Crippen LogP contribution is 2.32. The third-order valence-corrected chi connectivity index (χ3v) is 6.23. The smallest absolute Gasteiger partial charge is 0.223 e. The minimum atomic E-state index is -0.785. The van der Waals surface area contributed by atoms with Gasteiger partial charge in [0.25, 0.3) is 0 Å². The zero-order valence-electron chi connectivity index (χ0n) is 17.4. The number of hydrogen-bond acceptors (Lipinski definition) is 3. The molecule has 1 saturated heterocycles. The van der Waals surface area contributed by atoms with E-state index in [9.17, 15) is 9.90 Å². The van der Waals surface area contributed by atoms with Crippen LogP contribution >= 0.6 is 0 Å². The Labute approximate surface area is 178 Å². The molecule has 1 N–H and O–H groups in total. The molecule has 1 aliphatic heterocycles. The summed E-state index contributed by atoms with van der Waals surface area (Å²) in [6.07, 6.45) is 6.91. The molecule has 5 nitrogen and oxygen atoms in total. The van der Waals surface area contributed by atoms with E-state index in [2.05, 4.69) is 36.2 Å². The Balaban J connectivity index is 1.45. The van der Waals surface area contributed by atoms with Gasteiger partial charge in [-0.15, -0.1) is 0 Å². The minimum Gasteiger partial charge on any atom is -0.388 e. The molecule has 1 amide bonds. The molecule has 2 aromatic carbocycles. The van der Waals surface area contributed by atoms with Crippen LogP contribution in [0, 0.1) is 6.92 Å². The van der Waals surface area contributed by atoms with E-state index in [-0.39, 0.29) is 11.8 Å². The van der Waals surface area contributed by atoms with Crippen molar-refractivity contribution in [3.63, 3.8) is 0 Å². The second-order valence-corrected chi connectivity index (χ2v) is 8.36. The van der Waals surface area contributed by atoms with E-state index in [1.54, 1.807) is 12.5 Å². The summed E-state index contributed by atoms with van der Waals surface area (Å²) in [6, 6.07) is 18.6. The number of rotatable bonds is 6. The van der Waals surface area contributed by atoms with Crippen molar-refractivity contribution in [2.24, 2.45) is 0 Å². The molecule has 0 unspecified atom stereocenters. The van der Waals surface area contributed by atoms with Gasteiger partial charge >= 0.3 is 0 Å². The number of amides is 1. The van der Waals surface area contributed by atoms with Crippen molar-refractivity contribution in [2.45, 2.75) is 44.2 Å². The van der Waals surface area contributed by atoms with Gasteiger partial charge in [-0.25, -0.2) is 4.98 Å². The van der Waals surface area contributed by atoms with Crippen LogP contribution in [0.2, 0.25) is 0 Å². The van der Waals surface area contributed by atoms with Gasteiger partial charge < -0.3 is 14.6 Å². The summed E-state index contributed by atoms with van der Waals surface area (Å²) in [5.74, 6) is 0.184. The maximum absolute atomic E-state index is 13.2. The largest absolute Gasteiger partial charge is 0.388 e. The van der Waals surface area contributed by atoms with Gasteiger partial charge in [0, 0.05) is 37.8 Å². The maximum Gasteiger partial charge on any atom is 0.223 e. The van der Waals surface area contributed by atoms with Gasteiger partial charge in [0.05, 0.1) is 18.5 Å². The lowest BCUT2D eigenvalue weighted by molar-refractivity contribution is -0.136. The Hall–Kier alpha value is -2.92. The average molecular weight is 404 g/mol. The van der Waals surface area contributed by atoms with Crippen LogP contribution in [0.3, 0.4) is 0 Å². The van der Waals surface area contributed by atoms with E-state index in [0.29, 0.717) is 38.9 Å². The van der Waals surface area contributed by atoms with Crippen molar-refractivity contribution in [1.29, 1.82) is 0 Å². The number of nitrogens with zero attached hydrogens (tertiary/aromatic N) is 3. The van der Waals surface area contributed by atoms with Crippen LogP contribution in [-0.4, -0.2) is 44.2 Å². The van der Waals surface area contributed by atoms with E-state index in [0.717, 1.165) is 5.56 Å². The molecule has 156 valence electrons. The molecule has 0 bridgehead atoms. The highest BCUT2D eigenvalue weighted by Gasteiger charge is 2.35. The Morgan fingerprint density at radius 2 is 1.80 bits per heavy atom. The van der Waals surface area contributed by atoms with Crippen LogP contribution in [-0.2, 0) is 11.3 Å². The van der Waals surface area contributed by atoms with Crippen molar-refractivity contribution in [2.75, 3.05) is 13.1 Å². The molecule has 0 spiro atoms. The summed E-state index contributed by atoms with van der Waals surface area (Å²) < 4.78 is 1.90. The first kappa shape index (κ1) is 20.4. The summed E-state index contributed by atoms with van der Waals surface area (Å²) in [6.45, 7) is 3.79. The highest BCUT2D eigenvalue weighted by atomic mass is 16.3. The zero-order chi connectivity index (χ0) is 21.0. The van der Waals surface area contributed by atoms with Crippen molar-refractivity contribution in [1.82, 2.24) is 14.5 Å². The van der Waals surface area contributed by atoms with E-state index < -0.39 is 5.60 Å². The normalized spacial score (nSPS) is 16.9. The second kappa shape index (κ2) is 8.84. The number of aryl methyl sites for hydroxylation is 1. The van der Waals surface area contributed by atoms with Crippen LogP contribution in [0.1, 0.15) is 41.9 Å². The van der Waals surface area contributed by atoms with Crippen LogP contribution < -0.4 is 0 Å². The van der Waals surface area contributed by atoms with Crippen molar-refractivity contribution >= 4 is 5.91 Å². The van der Waals surface area contributed by atoms with E-state index in [4.69, 9.17) is 0 Å². The molecule has 1 aliphatic rings. The Bertz CT molecular complexity index is 961. The zero-order valence-corrected chi connectivity index (χ0v) is 17.4. The quantitative estimate of drug-likeness (QED) is 0.682. The van der Waals surface area contributed by atoms with E-state index in [1.165, 1.54) is 11.1 Å². The molecule has 0 aliphatic carbocycles. The number of imidazole rings is 1. The molecule has 0 radical (unpaired) electrons. The van der Waals surface area contributed by atoms with Gasteiger partial charge in [-0.2, -0.15) is 0 Å². The van der Waals surface area contributed by atoms with Crippen molar-refractivity contribution in [3.05, 3.63) is 90.0 Å². The van der Waals surface area contributed by atoms with Gasteiger partial charge in [-0.05, 0) is 36.5 Å². The van der Waals surface area contributed by atoms with Crippen LogP contribution in [0.5, 0.6) is 0 Å². The number of carbonyl (C=O) groups excluding carboxylic acids is 1. The summed E-state index contributed by atoms with van der Waals surface area (Å²) in [5.41, 5.74) is 2.78. The molecule has 5 heteroatoms. The maximum atomic E-state index is 13.2. The lowest BCUT2D eigenvalue weighted by Gasteiger charge is -2.39. The number of carbonyl (C=O) groups is 1.